The van der Waals surface area contributed by atoms with Crippen LogP contribution in [-0.2, 0) is 26.2 Å². The van der Waals surface area contributed by atoms with Gasteiger partial charge in [-0.15, -0.1) is 0 Å². The zero-order valence-corrected chi connectivity index (χ0v) is 16.7. The predicted molar refractivity (Wildman–Crippen MR) is 77.8 cm³/mol. The maximum Gasteiger partial charge on any atom is 0.196 e. The molecule has 0 unspecified atom stereocenters. The molecule has 4 nitrogen and oxygen atoms in total. The summed E-state index contributed by atoms with van der Waals surface area (Å²) in [5.41, 5.74) is 1.42. The smallest absolute Gasteiger partial charge is 0.196 e. The van der Waals surface area contributed by atoms with Gasteiger partial charge in [-0.05, 0) is 30.5 Å². The van der Waals surface area contributed by atoms with Crippen LogP contribution in [0, 0.1) is 0 Å². The Hall–Kier alpha value is 0.940. The monoisotopic (exact) mass is 360 g/mol. The summed E-state index contributed by atoms with van der Waals surface area (Å²) in [5, 5.41) is 8.06. The Morgan fingerprint density at radius 3 is 0.778 bits per heavy atom. The van der Waals surface area contributed by atoms with Gasteiger partial charge in [-0.3, -0.25) is 0 Å². The molecule has 0 aliphatic rings. The van der Waals surface area contributed by atoms with E-state index in [4.69, 9.17) is 5.11 Å². The number of hydrogen-bond donors (Lipinski definition) is 2. The summed E-state index contributed by atoms with van der Waals surface area (Å²) >= 11 is 0. The average molecular weight is 362 g/mol. The first-order chi connectivity index (χ1) is 6.56. The van der Waals surface area contributed by atoms with Crippen LogP contribution in [0.15, 0.2) is 0 Å². The van der Waals surface area contributed by atoms with Crippen molar-refractivity contribution in [1.29, 1.82) is 0 Å². The van der Waals surface area contributed by atoms with E-state index >= 15 is 0 Å². The molecule has 0 aromatic rings. The van der Waals surface area contributed by atoms with Crippen molar-refractivity contribution in [2.75, 3.05) is 0 Å². The third-order valence-corrected chi connectivity index (χ3v) is 8.32. The van der Waals surface area contributed by atoms with E-state index in [1.54, 1.807) is 13.8 Å². The maximum atomic E-state index is 10.4. The molecule has 0 saturated heterocycles. The second-order valence-corrected chi connectivity index (χ2v) is 10.7. The largest absolute Gasteiger partial charge is 0.431 e. The van der Waals surface area contributed by atoms with Crippen LogP contribution in [0.25, 0.3) is 0 Å². The van der Waals surface area contributed by atoms with Crippen molar-refractivity contribution in [2.45, 2.75) is 78.1 Å². The molecule has 0 rings (SSSR count). The first-order valence-corrected chi connectivity index (χ1v) is 8.15. The summed E-state index contributed by atoms with van der Waals surface area (Å²) < 4.78 is 0. The summed E-state index contributed by atoms with van der Waals surface area (Å²) in [5.74, 6) is 0. The fourth-order valence-electron chi connectivity index (χ4n) is 2.00. The molecule has 0 spiro atoms. The predicted octanol–water partition coefficient (Wildman–Crippen LogP) is 1.89. The van der Waals surface area contributed by atoms with Gasteiger partial charge in [0, 0.05) is 32.3 Å². The normalized spacial score (nSPS) is 10.3. The van der Waals surface area contributed by atoms with Gasteiger partial charge in [0.2, 0.25) is 0 Å². The van der Waals surface area contributed by atoms with E-state index in [0.29, 0.717) is 16.6 Å². The van der Waals surface area contributed by atoms with Gasteiger partial charge in [0.25, 0.3) is 0 Å². The molecular weight excluding hydrogens is 327 g/mol. The summed E-state index contributed by atoms with van der Waals surface area (Å²) in [6.07, 6.45) is -0.167. The van der Waals surface area contributed by atoms with E-state index < -0.39 is 8.32 Å². The summed E-state index contributed by atoms with van der Waals surface area (Å²) in [6.45, 7) is 16.3. The van der Waals surface area contributed by atoms with E-state index in [9.17, 15) is 4.80 Å². The van der Waals surface area contributed by atoms with Gasteiger partial charge in [0.05, 0.1) is 0 Å². The molecule has 0 bridgehead atoms. The number of rotatable bonds is 3. The molecule has 0 aromatic heterocycles. The third-order valence-electron chi connectivity index (χ3n) is 2.77. The van der Waals surface area contributed by atoms with Gasteiger partial charge < -0.3 is 20.9 Å². The van der Waals surface area contributed by atoms with Crippen molar-refractivity contribution >= 4 is 8.32 Å². The summed E-state index contributed by atoms with van der Waals surface area (Å²) in [4.78, 5) is 10.4. The Labute approximate surface area is 133 Å². The van der Waals surface area contributed by atoms with E-state index in [1.165, 1.54) is 0 Å². The van der Waals surface area contributed by atoms with Crippen LogP contribution in [0.3, 0.4) is 0 Å². The second-order valence-electron chi connectivity index (χ2n) is 5.45. The Bertz CT molecular complexity index is 140. The molecule has 0 aliphatic carbocycles. The fraction of sp³-hybridized carbons (Fsp3) is 1.00. The molecule has 0 radical (unpaired) electrons. The molecule has 0 fully saturated rings. The molecule has 18 heavy (non-hydrogen) atoms. The minimum absolute atomic E-state index is 0. The molecule has 0 atom stereocenters. The molecule has 0 aliphatic heterocycles. The van der Waals surface area contributed by atoms with E-state index in [2.05, 4.69) is 41.5 Å². The standard InChI is InChI=1S/C9H22OSi.C3H8O.2H2O.Zr/c1-7(2)11(10,8(3)4)9(5)6;1-3(2)4;;;/h7-10H,1-6H3;3-4H,1-2H3;2*1H2;. The topological polar surface area (TPSA) is 103 Å². The van der Waals surface area contributed by atoms with Crippen LogP contribution in [0.4, 0.5) is 0 Å². The number of aliphatic hydroxyl groups excluding tert-OH is 1. The van der Waals surface area contributed by atoms with Crippen molar-refractivity contribution in [3.8, 4) is 0 Å². The average Bonchev–Trinajstić information content (AvgIpc) is 2.00. The maximum absolute atomic E-state index is 10.4. The van der Waals surface area contributed by atoms with Gasteiger partial charge >= 0.3 is 0 Å². The molecule has 114 valence electrons. The van der Waals surface area contributed by atoms with E-state index in [1.807, 2.05) is 0 Å². The molecule has 0 heterocycles. The molecular formula is C12H34O4SiZr. The molecule has 0 saturated carbocycles. The van der Waals surface area contributed by atoms with E-state index in [0.717, 1.165) is 0 Å². The van der Waals surface area contributed by atoms with Crippen LogP contribution >= 0.6 is 0 Å². The van der Waals surface area contributed by atoms with Crippen LogP contribution in [0.2, 0.25) is 16.6 Å². The SMILES string of the molecule is CC(C)O.CC(C)[Si](O)(C(C)C)C(C)C.O.O.[Zr]. The van der Waals surface area contributed by atoms with Crippen molar-refractivity contribution < 1.29 is 47.1 Å². The number of aliphatic hydroxyl groups is 1. The van der Waals surface area contributed by atoms with Gasteiger partial charge in [-0.1, -0.05) is 41.5 Å². The summed E-state index contributed by atoms with van der Waals surface area (Å²) in [7, 11) is -1.98. The Balaban J connectivity index is -0.0000000712. The van der Waals surface area contributed by atoms with Crippen LogP contribution in [0.5, 0.6) is 0 Å². The van der Waals surface area contributed by atoms with Crippen molar-refractivity contribution in [2.24, 2.45) is 0 Å². The van der Waals surface area contributed by atoms with Crippen LogP contribution in [0.1, 0.15) is 55.4 Å². The Kier molecular flexibility index (Phi) is 25.0. The minimum Gasteiger partial charge on any atom is -0.431 e. The Morgan fingerprint density at radius 1 is 0.667 bits per heavy atom. The van der Waals surface area contributed by atoms with Crippen LogP contribution in [-0.4, -0.2) is 35.3 Å². The second kappa shape index (κ2) is 14.4. The quantitative estimate of drug-likeness (QED) is 0.749. The van der Waals surface area contributed by atoms with Gasteiger partial charge in [0.15, 0.2) is 8.32 Å². The van der Waals surface area contributed by atoms with Gasteiger partial charge in [-0.25, -0.2) is 0 Å². The molecule has 6 N–H and O–H groups in total. The zero-order valence-electron chi connectivity index (χ0n) is 13.2. The van der Waals surface area contributed by atoms with Gasteiger partial charge in [-0.2, -0.15) is 0 Å². The molecule has 0 aromatic carbocycles. The van der Waals surface area contributed by atoms with Crippen molar-refractivity contribution in [1.82, 2.24) is 0 Å². The minimum atomic E-state index is -1.98. The summed E-state index contributed by atoms with van der Waals surface area (Å²) in [6, 6.07) is 0. The van der Waals surface area contributed by atoms with Gasteiger partial charge in [0.1, 0.15) is 0 Å². The van der Waals surface area contributed by atoms with Crippen molar-refractivity contribution in [3.05, 3.63) is 0 Å². The fourth-order valence-corrected chi connectivity index (χ4v) is 6.00. The van der Waals surface area contributed by atoms with E-state index in [-0.39, 0.29) is 43.3 Å². The molecule has 0 amide bonds. The first-order valence-electron chi connectivity index (χ1n) is 5.97. The first kappa shape index (κ1) is 31.4. The Morgan fingerprint density at radius 2 is 0.778 bits per heavy atom. The van der Waals surface area contributed by atoms with Crippen molar-refractivity contribution in [3.63, 3.8) is 0 Å². The molecule has 6 heteroatoms. The van der Waals surface area contributed by atoms with Crippen LogP contribution < -0.4 is 0 Å². The number of hydrogen-bond acceptors (Lipinski definition) is 2. The third kappa shape index (κ3) is 12.0. The zero-order chi connectivity index (χ0) is 12.8.